The summed E-state index contributed by atoms with van der Waals surface area (Å²) < 4.78 is 6.35. The molecule has 0 atom stereocenters. The van der Waals surface area contributed by atoms with E-state index in [1.165, 1.54) is 19.2 Å². The Labute approximate surface area is 184 Å². The maximum atomic E-state index is 12.7. The Morgan fingerprint density at radius 2 is 2.09 bits per heavy atom. The molecule has 1 amide bonds. The fourth-order valence-electron chi connectivity index (χ4n) is 2.99. The predicted octanol–water partition coefficient (Wildman–Crippen LogP) is 2.59. The lowest BCUT2D eigenvalue weighted by Crippen LogP contribution is -2.31. The van der Waals surface area contributed by atoms with Crippen molar-refractivity contribution in [2.75, 3.05) is 6.61 Å². The van der Waals surface area contributed by atoms with Crippen LogP contribution in [-0.2, 0) is 0 Å². The van der Waals surface area contributed by atoms with Crippen LogP contribution in [-0.4, -0.2) is 33.6 Å². The largest absolute Gasteiger partial charge is 0.504 e. The lowest BCUT2D eigenvalue weighted by atomic mass is 10.1. The standard InChI is InChI=1S/C23H21N5O4/c1-4-32-20-11-16(8-9-19(20)29)13-25-26-22(30)21-15(3)18(12-24)23(31)28(27-21)17-7-5-6-14(2)10-17/h5-11,13,29H,4H2,1-3H3,(H,26,30)/b25-13+. The molecule has 0 saturated carbocycles. The van der Waals surface area contributed by atoms with Crippen molar-refractivity contribution in [3.63, 3.8) is 0 Å². The number of phenolic OH excluding ortho intramolecular Hbond substituents is 1. The van der Waals surface area contributed by atoms with E-state index in [0.29, 0.717) is 23.6 Å². The molecule has 0 radical (unpaired) electrons. The number of carbonyl (C=O) groups excluding carboxylic acids is 1. The number of ether oxygens (including phenoxy) is 1. The first-order valence-electron chi connectivity index (χ1n) is 9.76. The van der Waals surface area contributed by atoms with Crippen LogP contribution in [0.25, 0.3) is 5.69 Å². The molecular weight excluding hydrogens is 410 g/mol. The molecule has 0 spiro atoms. The molecule has 0 fully saturated rings. The average molecular weight is 431 g/mol. The lowest BCUT2D eigenvalue weighted by Gasteiger charge is -2.11. The molecule has 1 aromatic heterocycles. The number of rotatable bonds is 6. The minimum absolute atomic E-state index is 0.00435. The topological polar surface area (TPSA) is 130 Å². The van der Waals surface area contributed by atoms with Gasteiger partial charge in [0.2, 0.25) is 0 Å². The highest BCUT2D eigenvalue weighted by Gasteiger charge is 2.20. The average Bonchev–Trinajstić information content (AvgIpc) is 2.76. The second-order valence-corrected chi connectivity index (χ2v) is 6.88. The first kappa shape index (κ1) is 22.2. The highest BCUT2D eigenvalue weighted by atomic mass is 16.5. The van der Waals surface area contributed by atoms with Crippen LogP contribution in [0.5, 0.6) is 11.5 Å². The van der Waals surface area contributed by atoms with Crippen molar-refractivity contribution in [1.29, 1.82) is 5.26 Å². The molecule has 0 bridgehead atoms. The van der Waals surface area contributed by atoms with E-state index in [1.807, 2.05) is 19.1 Å². The number of hydrazone groups is 1. The molecule has 3 aromatic rings. The number of amides is 1. The summed E-state index contributed by atoms with van der Waals surface area (Å²) in [5.74, 6) is -0.389. The summed E-state index contributed by atoms with van der Waals surface area (Å²) >= 11 is 0. The minimum atomic E-state index is -0.680. The zero-order valence-corrected chi connectivity index (χ0v) is 17.8. The molecule has 1 heterocycles. The summed E-state index contributed by atoms with van der Waals surface area (Å²) in [6, 6.07) is 13.5. The normalized spacial score (nSPS) is 10.7. The van der Waals surface area contributed by atoms with Crippen LogP contribution in [0.2, 0.25) is 0 Å². The van der Waals surface area contributed by atoms with Gasteiger partial charge in [-0.2, -0.15) is 20.1 Å². The van der Waals surface area contributed by atoms with Crippen LogP contribution in [0.3, 0.4) is 0 Å². The molecule has 32 heavy (non-hydrogen) atoms. The van der Waals surface area contributed by atoms with Gasteiger partial charge in [-0.3, -0.25) is 9.59 Å². The maximum Gasteiger partial charge on any atom is 0.292 e. The van der Waals surface area contributed by atoms with Gasteiger partial charge in [0, 0.05) is 5.56 Å². The van der Waals surface area contributed by atoms with E-state index in [2.05, 4.69) is 15.6 Å². The number of nitrogens with one attached hydrogen (secondary N) is 1. The van der Waals surface area contributed by atoms with Crippen LogP contribution < -0.4 is 15.7 Å². The van der Waals surface area contributed by atoms with Crippen molar-refractivity contribution in [2.45, 2.75) is 20.8 Å². The van der Waals surface area contributed by atoms with E-state index >= 15 is 0 Å². The van der Waals surface area contributed by atoms with Crippen molar-refractivity contribution in [2.24, 2.45) is 5.10 Å². The highest BCUT2D eigenvalue weighted by Crippen LogP contribution is 2.26. The van der Waals surface area contributed by atoms with Gasteiger partial charge in [-0.25, -0.2) is 5.43 Å². The number of aromatic hydroxyl groups is 1. The fraction of sp³-hybridized carbons (Fsp3) is 0.174. The van der Waals surface area contributed by atoms with E-state index in [4.69, 9.17) is 4.74 Å². The fourth-order valence-corrected chi connectivity index (χ4v) is 2.99. The van der Waals surface area contributed by atoms with Gasteiger partial charge in [-0.05, 0) is 62.2 Å². The minimum Gasteiger partial charge on any atom is -0.504 e. The smallest absolute Gasteiger partial charge is 0.292 e. The summed E-state index contributed by atoms with van der Waals surface area (Å²) in [5, 5.41) is 27.3. The van der Waals surface area contributed by atoms with Crippen LogP contribution in [0.15, 0.2) is 52.4 Å². The number of carbonyl (C=O) groups is 1. The molecule has 2 N–H and O–H groups in total. The zero-order valence-electron chi connectivity index (χ0n) is 17.8. The first-order valence-corrected chi connectivity index (χ1v) is 9.76. The Bertz CT molecular complexity index is 1300. The lowest BCUT2D eigenvalue weighted by molar-refractivity contribution is 0.0947. The van der Waals surface area contributed by atoms with E-state index in [0.717, 1.165) is 10.2 Å². The molecule has 9 nitrogen and oxygen atoms in total. The monoisotopic (exact) mass is 431 g/mol. The number of nitrogens with zero attached hydrogens (tertiary/aromatic N) is 4. The molecule has 0 unspecified atom stereocenters. The number of aromatic nitrogens is 2. The molecule has 162 valence electrons. The Balaban J connectivity index is 1.92. The van der Waals surface area contributed by atoms with Crippen LogP contribution >= 0.6 is 0 Å². The van der Waals surface area contributed by atoms with Gasteiger partial charge in [0.05, 0.1) is 18.5 Å². The number of nitriles is 1. The van der Waals surface area contributed by atoms with Crippen LogP contribution in [0, 0.1) is 25.2 Å². The number of phenols is 1. The van der Waals surface area contributed by atoms with Gasteiger partial charge in [0.15, 0.2) is 17.2 Å². The molecule has 3 rings (SSSR count). The number of aryl methyl sites for hydroxylation is 1. The molecule has 0 saturated heterocycles. The van der Waals surface area contributed by atoms with Crippen LogP contribution in [0.4, 0.5) is 0 Å². The third-order valence-electron chi connectivity index (χ3n) is 4.57. The number of hydrogen-bond acceptors (Lipinski definition) is 7. The summed E-state index contributed by atoms with van der Waals surface area (Å²) in [7, 11) is 0. The Morgan fingerprint density at radius 1 is 1.31 bits per heavy atom. The first-order chi connectivity index (χ1) is 15.3. The highest BCUT2D eigenvalue weighted by molar-refractivity contribution is 5.94. The van der Waals surface area contributed by atoms with Gasteiger partial charge in [0.25, 0.3) is 11.5 Å². The Morgan fingerprint density at radius 3 is 2.78 bits per heavy atom. The maximum absolute atomic E-state index is 12.7. The quantitative estimate of drug-likeness (QED) is 0.456. The third kappa shape index (κ3) is 4.65. The number of benzene rings is 2. The van der Waals surface area contributed by atoms with E-state index in [9.17, 15) is 20.0 Å². The van der Waals surface area contributed by atoms with Crippen molar-refractivity contribution in [1.82, 2.24) is 15.2 Å². The van der Waals surface area contributed by atoms with E-state index in [1.54, 1.807) is 37.3 Å². The molecule has 0 aliphatic rings. The molecule has 2 aromatic carbocycles. The third-order valence-corrected chi connectivity index (χ3v) is 4.57. The van der Waals surface area contributed by atoms with Gasteiger partial charge in [-0.1, -0.05) is 12.1 Å². The van der Waals surface area contributed by atoms with Gasteiger partial charge < -0.3 is 9.84 Å². The molecule has 0 aliphatic heterocycles. The van der Waals surface area contributed by atoms with Crippen molar-refractivity contribution in [3.8, 4) is 23.3 Å². The van der Waals surface area contributed by atoms with E-state index < -0.39 is 11.5 Å². The molecule has 0 aliphatic carbocycles. The molecule has 9 heteroatoms. The summed E-state index contributed by atoms with van der Waals surface area (Å²) in [6.07, 6.45) is 1.37. The summed E-state index contributed by atoms with van der Waals surface area (Å²) in [4.78, 5) is 25.4. The van der Waals surface area contributed by atoms with Crippen molar-refractivity contribution in [3.05, 3.63) is 80.8 Å². The SMILES string of the molecule is CCOc1cc(/C=N/NC(=O)c2nn(-c3cccc(C)c3)c(=O)c(C#N)c2C)ccc1O. The predicted molar refractivity (Wildman–Crippen MR) is 118 cm³/mol. The van der Waals surface area contributed by atoms with Crippen LogP contribution in [0.1, 0.15) is 39.7 Å². The zero-order chi connectivity index (χ0) is 23.3. The summed E-state index contributed by atoms with van der Waals surface area (Å²) in [5.41, 5.74) is 3.56. The Kier molecular flexibility index (Phi) is 6.65. The second kappa shape index (κ2) is 9.57. The van der Waals surface area contributed by atoms with Gasteiger partial charge in [0.1, 0.15) is 11.6 Å². The van der Waals surface area contributed by atoms with Gasteiger partial charge in [-0.15, -0.1) is 0 Å². The Hall–Kier alpha value is -4.45. The summed E-state index contributed by atoms with van der Waals surface area (Å²) in [6.45, 7) is 5.52. The number of hydrogen-bond donors (Lipinski definition) is 2. The second-order valence-electron chi connectivity index (χ2n) is 6.88. The van der Waals surface area contributed by atoms with Gasteiger partial charge >= 0.3 is 0 Å². The van der Waals surface area contributed by atoms with E-state index in [-0.39, 0.29) is 22.6 Å². The van der Waals surface area contributed by atoms with Crippen molar-refractivity contribution < 1.29 is 14.6 Å². The molecular formula is C23H21N5O4. The van der Waals surface area contributed by atoms with Crippen molar-refractivity contribution >= 4 is 12.1 Å².